The fourth-order valence-corrected chi connectivity index (χ4v) is 6.63. The minimum absolute atomic E-state index is 0.152. The van der Waals surface area contributed by atoms with Gasteiger partial charge in [-0.3, -0.25) is 0 Å². The number of rotatable bonds is 4. The highest BCUT2D eigenvalue weighted by Crippen LogP contribution is 2.39. The molecule has 4 heteroatoms. The van der Waals surface area contributed by atoms with Gasteiger partial charge in [-0.1, -0.05) is 59.4 Å². The van der Waals surface area contributed by atoms with Crippen LogP contribution in [-0.4, -0.2) is 26.4 Å². The molecule has 0 radical (unpaired) electrons. The maximum Gasteiger partial charge on any atom is 0.461 e. The van der Waals surface area contributed by atoms with Gasteiger partial charge in [0.15, 0.2) is 0 Å². The highest BCUT2D eigenvalue weighted by atomic mass is 28.3. The van der Waals surface area contributed by atoms with Crippen molar-refractivity contribution in [3.63, 3.8) is 0 Å². The molecule has 2 rings (SSSR count). The lowest BCUT2D eigenvalue weighted by molar-refractivity contribution is 0.00578. The Labute approximate surface area is 143 Å². The molecule has 1 aliphatic rings. The maximum atomic E-state index is 6.24. The Kier molecular flexibility index (Phi) is 5.01. The highest BCUT2D eigenvalue weighted by molar-refractivity contribution is 6.96. The van der Waals surface area contributed by atoms with E-state index in [1.807, 2.05) is 0 Å². The van der Waals surface area contributed by atoms with Crippen LogP contribution in [0.2, 0.25) is 19.4 Å². The molecule has 1 fully saturated rings. The standard InChI is InChI=1S/C19H31BO2Si/c1-15(2)17(23(7,8)16-12-10-9-11-13-16)14-20-21-18(3,4)19(5,6)22-20/h9-13H,14H2,1-8H3. The second kappa shape index (κ2) is 6.23. The SMILES string of the molecule is CC(C)=C(CB1OC(C)(C)C(C)(C)O1)[Si](C)(C)c1ccccc1. The first-order valence-electron chi connectivity index (χ1n) is 8.55. The van der Waals surface area contributed by atoms with Gasteiger partial charge in [0.2, 0.25) is 0 Å². The Hall–Kier alpha value is -0.838. The van der Waals surface area contributed by atoms with Gasteiger partial charge in [-0.15, -0.1) is 0 Å². The summed E-state index contributed by atoms with van der Waals surface area (Å²) in [5.41, 5.74) is 0.881. The van der Waals surface area contributed by atoms with Gasteiger partial charge >= 0.3 is 7.12 Å². The molecule has 1 aromatic carbocycles. The van der Waals surface area contributed by atoms with Crippen LogP contribution < -0.4 is 5.19 Å². The predicted molar refractivity (Wildman–Crippen MR) is 103 cm³/mol. The van der Waals surface area contributed by atoms with Crippen LogP contribution in [0.1, 0.15) is 41.5 Å². The second-order valence-electron chi connectivity index (χ2n) is 8.36. The molecule has 1 aliphatic heterocycles. The molecule has 0 aromatic heterocycles. The van der Waals surface area contributed by atoms with E-state index in [1.54, 1.807) is 0 Å². The normalized spacial score (nSPS) is 19.7. The van der Waals surface area contributed by atoms with Gasteiger partial charge in [0.1, 0.15) is 8.07 Å². The summed E-state index contributed by atoms with van der Waals surface area (Å²) in [6.45, 7) is 17.8. The molecule has 0 atom stereocenters. The average Bonchev–Trinajstić information content (AvgIpc) is 2.64. The smallest absolute Gasteiger partial charge is 0.403 e. The third kappa shape index (κ3) is 3.65. The Morgan fingerprint density at radius 1 is 0.957 bits per heavy atom. The average molecular weight is 330 g/mol. The zero-order valence-electron chi connectivity index (χ0n) is 16.0. The number of hydrogen-bond acceptors (Lipinski definition) is 2. The van der Waals surface area contributed by atoms with Gasteiger partial charge < -0.3 is 9.31 Å². The molecule has 1 heterocycles. The van der Waals surface area contributed by atoms with Crippen LogP contribution in [0.3, 0.4) is 0 Å². The van der Waals surface area contributed by atoms with Crippen molar-refractivity contribution >= 4 is 20.4 Å². The van der Waals surface area contributed by atoms with Crippen LogP contribution in [0.15, 0.2) is 41.1 Å². The van der Waals surface area contributed by atoms with Crippen molar-refractivity contribution in [2.45, 2.75) is 72.2 Å². The Morgan fingerprint density at radius 2 is 1.43 bits per heavy atom. The summed E-state index contributed by atoms with van der Waals surface area (Å²) in [6.07, 6.45) is 0.864. The van der Waals surface area contributed by atoms with Crippen LogP contribution in [0.4, 0.5) is 0 Å². The summed E-state index contributed by atoms with van der Waals surface area (Å²) in [6, 6.07) is 10.9. The summed E-state index contributed by atoms with van der Waals surface area (Å²) in [4.78, 5) is 0. The summed E-state index contributed by atoms with van der Waals surface area (Å²) in [5.74, 6) is 0. The zero-order chi connectivity index (χ0) is 17.5. The van der Waals surface area contributed by atoms with E-state index in [1.165, 1.54) is 16.0 Å². The van der Waals surface area contributed by atoms with Gasteiger partial charge in [0, 0.05) is 6.32 Å². The Morgan fingerprint density at radius 3 is 1.87 bits per heavy atom. The Balaban J connectivity index is 2.27. The van der Waals surface area contributed by atoms with Crippen LogP contribution in [0.25, 0.3) is 0 Å². The van der Waals surface area contributed by atoms with E-state index in [0.29, 0.717) is 0 Å². The molecule has 0 bridgehead atoms. The van der Waals surface area contributed by atoms with Crippen LogP contribution in [-0.2, 0) is 9.31 Å². The third-order valence-electron chi connectivity index (χ3n) is 5.53. The number of allylic oxidation sites excluding steroid dienone is 2. The Bertz CT molecular complexity index is 571. The lowest BCUT2D eigenvalue weighted by Crippen LogP contribution is -2.45. The largest absolute Gasteiger partial charge is 0.461 e. The van der Waals surface area contributed by atoms with E-state index in [2.05, 4.69) is 85.0 Å². The molecule has 1 saturated heterocycles. The summed E-state index contributed by atoms with van der Waals surface area (Å²) < 4.78 is 12.5. The molecule has 0 unspecified atom stereocenters. The summed E-state index contributed by atoms with van der Waals surface area (Å²) in [7, 11) is -1.86. The quantitative estimate of drug-likeness (QED) is 0.753. The van der Waals surface area contributed by atoms with Crippen molar-refractivity contribution in [2.75, 3.05) is 0 Å². The van der Waals surface area contributed by atoms with Crippen LogP contribution >= 0.6 is 0 Å². The minimum Gasteiger partial charge on any atom is -0.403 e. The van der Waals surface area contributed by atoms with E-state index in [0.717, 1.165) is 6.32 Å². The lowest BCUT2D eigenvalue weighted by Gasteiger charge is -2.32. The van der Waals surface area contributed by atoms with E-state index in [9.17, 15) is 0 Å². The van der Waals surface area contributed by atoms with Crippen molar-refractivity contribution in [1.29, 1.82) is 0 Å². The van der Waals surface area contributed by atoms with Crippen molar-refractivity contribution in [3.8, 4) is 0 Å². The first kappa shape index (κ1) is 18.5. The zero-order valence-corrected chi connectivity index (χ0v) is 17.0. The van der Waals surface area contributed by atoms with E-state index in [-0.39, 0.29) is 18.3 Å². The summed E-state index contributed by atoms with van der Waals surface area (Å²) >= 11 is 0. The molecule has 126 valence electrons. The molecule has 0 aliphatic carbocycles. The van der Waals surface area contributed by atoms with E-state index < -0.39 is 8.07 Å². The highest BCUT2D eigenvalue weighted by Gasteiger charge is 2.51. The first-order valence-corrected chi connectivity index (χ1v) is 11.6. The molecule has 0 spiro atoms. The van der Waals surface area contributed by atoms with Gasteiger partial charge in [-0.05, 0) is 41.5 Å². The first-order chi connectivity index (χ1) is 10.5. The molecule has 0 N–H and O–H groups in total. The maximum absolute atomic E-state index is 6.24. The van der Waals surface area contributed by atoms with Crippen LogP contribution in [0, 0.1) is 0 Å². The second-order valence-corrected chi connectivity index (χ2v) is 12.8. The van der Waals surface area contributed by atoms with Gasteiger partial charge in [-0.25, -0.2) is 0 Å². The fourth-order valence-electron chi connectivity index (χ4n) is 3.33. The van der Waals surface area contributed by atoms with Gasteiger partial charge in [-0.2, -0.15) is 0 Å². The molecular formula is C19H31BO2Si. The van der Waals surface area contributed by atoms with Gasteiger partial charge in [0.25, 0.3) is 0 Å². The molecule has 2 nitrogen and oxygen atoms in total. The van der Waals surface area contributed by atoms with Crippen molar-refractivity contribution in [1.82, 2.24) is 0 Å². The minimum atomic E-state index is -1.71. The monoisotopic (exact) mass is 330 g/mol. The van der Waals surface area contributed by atoms with Crippen LogP contribution in [0.5, 0.6) is 0 Å². The molecule has 0 amide bonds. The lowest BCUT2D eigenvalue weighted by atomic mass is 9.84. The topological polar surface area (TPSA) is 18.5 Å². The third-order valence-corrected chi connectivity index (χ3v) is 9.52. The van der Waals surface area contributed by atoms with Gasteiger partial charge in [0.05, 0.1) is 11.2 Å². The van der Waals surface area contributed by atoms with E-state index in [4.69, 9.17) is 9.31 Å². The molecule has 23 heavy (non-hydrogen) atoms. The predicted octanol–water partition coefficient (Wildman–Crippen LogP) is 4.57. The van der Waals surface area contributed by atoms with Crippen molar-refractivity contribution < 1.29 is 9.31 Å². The van der Waals surface area contributed by atoms with Crippen molar-refractivity contribution in [3.05, 3.63) is 41.1 Å². The molecular weight excluding hydrogens is 299 g/mol. The summed E-state index contributed by atoms with van der Waals surface area (Å²) in [5, 5.41) is 3.00. The number of hydrogen-bond donors (Lipinski definition) is 0. The molecule has 1 aromatic rings. The number of benzene rings is 1. The van der Waals surface area contributed by atoms with Crippen molar-refractivity contribution in [2.24, 2.45) is 0 Å². The van der Waals surface area contributed by atoms with E-state index >= 15 is 0 Å². The molecule has 0 saturated carbocycles. The fraction of sp³-hybridized carbons (Fsp3) is 0.579.